The van der Waals surface area contributed by atoms with Crippen LogP contribution in [-0.4, -0.2) is 19.5 Å². The molecule has 0 aliphatic rings. The summed E-state index contributed by atoms with van der Waals surface area (Å²) in [6.45, 7) is 0. The Hall–Kier alpha value is -6.21. The summed E-state index contributed by atoms with van der Waals surface area (Å²) in [6.07, 6.45) is 0. The van der Waals surface area contributed by atoms with Crippen LogP contribution in [0.1, 0.15) is 0 Å². The molecule has 0 radical (unpaired) electrons. The molecule has 0 saturated carbocycles. The highest BCUT2D eigenvalue weighted by Crippen LogP contribution is 2.47. The molecule has 4 heterocycles. The molecule has 238 valence electrons. The number of aromatic nitrogens is 4. The topological polar surface area (TPSA) is 43.6 Å². The molecule has 7 aromatic carbocycles. The van der Waals surface area contributed by atoms with Gasteiger partial charge < -0.3 is 4.57 Å². The molecule has 4 nitrogen and oxygen atoms in total. The van der Waals surface area contributed by atoms with E-state index in [9.17, 15) is 0 Å². The standard InChI is InChI=1S/C45H26N4S2/c1-3-12-27(13-4-1)43-46-44(28-14-5-2-6-15-28)48-45(47-43)29-22-23-32-34-24-25-35-33-18-11-21-38(40(33)51-42(35)41(34)50-39(32)26-29)49-36-19-9-7-16-30(36)31-17-8-10-20-37(31)49/h1-26H. The molecule has 0 aliphatic heterocycles. The Balaban J connectivity index is 1.11. The summed E-state index contributed by atoms with van der Waals surface area (Å²) in [7, 11) is 0. The number of hydrogen-bond acceptors (Lipinski definition) is 5. The first-order valence-electron chi connectivity index (χ1n) is 16.9. The van der Waals surface area contributed by atoms with Gasteiger partial charge in [0.2, 0.25) is 0 Å². The highest BCUT2D eigenvalue weighted by atomic mass is 32.1. The Morgan fingerprint density at radius 1 is 0.353 bits per heavy atom. The fraction of sp³-hybridized carbons (Fsp3) is 0. The Morgan fingerprint density at radius 3 is 1.49 bits per heavy atom. The second-order valence-electron chi connectivity index (χ2n) is 12.8. The second kappa shape index (κ2) is 11.2. The molecule has 0 atom stereocenters. The van der Waals surface area contributed by atoms with Crippen LogP contribution in [0.25, 0.3) is 102 Å². The van der Waals surface area contributed by atoms with Gasteiger partial charge in [-0.25, -0.2) is 15.0 Å². The van der Waals surface area contributed by atoms with E-state index in [1.807, 2.05) is 83.3 Å². The van der Waals surface area contributed by atoms with Crippen molar-refractivity contribution in [2.45, 2.75) is 0 Å². The summed E-state index contributed by atoms with van der Waals surface area (Å²) in [5.41, 5.74) is 6.59. The number of rotatable bonds is 4. The zero-order chi connectivity index (χ0) is 33.5. The second-order valence-corrected chi connectivity index (χ2v) is 14.9. The number of thiophene rings is 2. The first kappa shape index (κ1) is 28.6. The van der Waals surface area contributed by atoms with Gasteiger partial charge in [0, 0.05) is 53.7 Å². The summed E-state index contributed by atoms with van der Waals surface area (Å²) in [5.74, 6) is 2.01. The van der Waals surface area contributed by atoms with Crippen LogP contribution in [0.4, 0.5) is 0 Å². The van der Waals surface area contributed by atoms with Gasteiger partial charge in [-0.05, 0) is 24.3 Å². The van der Waals surface area contributed by atoms with Crippen molar-refractivity contribution in [1.82, 2.24) is 19.5 Å². The van der Waals surface area contributed by atoms with E-state index in [1.54, 1.807) is 0 Å². The molecule has 0 N–H and O–H groups in total. The van der Waals surface area contributed by atoms with Crippen LogP contribution in [0.5, 0.6) is 0 Å². The minimum atomic E-state index is 0.668. The van der Waals surface area contributed by atoms with Gasteiger partial charge in [0.25, 0.3) is 0 Å². The van der Waals surface area contributed by atoms with Crippen LogP contribution in [0, 0.1) is 0 Å². The molecule has 4 aromatic heterocycles. The average Bonchev–Trinajstić information content (AvgIpc) is 3.88. The first-order valence-corrected chi connectivity index (χ1v) is 18.6. The summed E-state index contributed by atoms with van der Waals surface area (Å²) in [6, 6.07) is 55.8. The third-order valence-corrected chi connectivity index (χ3v) is 12.4. The molecule has 0 spiro atoms. The maximum atomic E-state index is 5.00. The van der Waals surface area contributed by atoms with Crippen molar-refractivity contribution in [3.8, 4) is 39.9 Å². The van der Waals surface area contributed by atoms with Crippen molar-refractivity contribution >= 4 is 84.8 Å². The van der Waals surface area contributed by atoms with Gasteiger partial charge >= 0.3 is 0 Å². The quantitative estimate of drug-likeness (QED) is 0.185. The van der Waals surface area contributed by atoms with Gasteiger partial charge in [-0.1, -0.05) is 133 Å². The Morgan fingerprint density at radius 2 is 0.843 bits per heavy atom. The Kier molecular flexibility index (Phi) is 6.26. The van der Waals surface area contributed by atoms with E-state index in [0.717, 1.165) is 16.7 Å². The third-order valence-electron chi connectivity index (χ3n) is 9.86. The van der Waals surface area contributed by atoms with Gasteiger partial charge in [-0.3, -0.25) is 0 Å². The van der Waals surface area contributed by atoms with E-state index in [0.29, 0.717) is 17.5 Å². The van der Waals surface area contributed by atoms with E-state index < -0.39 is 0 Å². The van der Waals surface area contributed by atoms with E-state index in [1.165, 1.54) is 67.8 Å². The lowest BCUT2D eigenvalue weighted by atomic mass is 10.1. The van der Waals surface area contributed by atoms with E-state index in [2.05, 4.69) is 102 Å². The third kappa shape index (κ3) is 4.40. The van der Waals surface area contributed by atoms with Crippen LogP contribution in [-0.2, 0) is 0 Å². The van der Waals surface area contributed by atoms with E-state index >= 15 is 0 Å². The Bertz CT molecular complexity index is 3030. The average molecular weight is 687 g/mol. The molecular formula is C45H26N4S2. The normalized spacial score (nSPS) is 11.9. The highest BCUT2D eigenvalue weighted by Gasteiger charge is 2.19. The SMILES string of the molecule is c1ccc(-c2nc(-c3ccccc3)nc(-c3ccc4c(c3)sc3c4ccc4c5cccc(-n6c7ccccc7c7ccccc76)c5sc43)n2)cc1. The van der Waals surface area contributed by atoms with Crippen molar-refractivity contribution in [3.63, 3.8) is 0 Å². The van der Waals surface area contributed by atoms with Gasteiger partial charge in [0.1, 0.15) is 0 Å². The van der Waals surface area contributed by atoms with Crippen molar-refractivity contribution in [3.05, 3.63) is 158 Å². The molecule has 0 saturated heterocycles. The largest absolute Gasteiger partial charge is 0.308 e. The lowest BCUT2D eigenvalue weighted by Crippen LogP contribution is -1.99. The monoisotopic (exact) mass is 686 g/mol. The van der Waals surface area contributed by atoms with Crippen LogP contribution >= 0.6 is 22.7 Å². The lowest BCUT2D eigenvalue weighted by molar-refractivity contribution is 1.07. The molecule has 11 rings (SSSR count). The number of benzene rings is 7. The molecule has 51 heavy (non-hydrogen) atoms. The highest BCUT2D eigenvalue weighted by molar-refractivity contribution is 7.33. The minimum absolute atomic E-state index is 0.668. The maximum absolute atomic E-state index is 5.00. The van der Waals surface area contributed by atoms with Gasteiger partial charge in [-0.2, -0.15) is 0 Å². The Labute approximate surface area is 300 Å². The maximum Gasteiger partial charge on any atom is 0.164 e. The zero-order valence-corrected chi connectivity index (χ0v) is 28.7. The molecule has 0 aliphatic carbocycles. The van der Waals surface area contributed by atoms with Gasteiger partial charge in [0.05, 0.1) is 30.8 Å². The fourth-order valence-corrected chi connectivity index (χ4v) is 10.2. The molecule has 0 bridgehead atoms. The van der Waals surface area contributed by atoms with Crippen LogP contribution < -0.4 is 0 Å². The number of nitrogens with zero attached hydrogens (tertiary/aromatic N) is 4. The van der Waals surface area contributed by atoms with Crippen molar-refractivity contribution in [2.24, 2.45) is 0 Å². The van der Waals surface area contributed by atoms with Gasteiger partial charge in [-0.15, -0.1) is 22.7 Å². The van der Waals surface area contributed by atoms with Crippen molar-refractivity contribution < 1.29 is 0 Å². The number of para-hydroxylation sites is 2. The smallest absolute Gasteiger partial charge is 0.164 e. The summed E-state index contributed by atoms with van der Waals surface area (Å²) in [4.78, 5) is 14.9. The fourth-order valence-electron chi connectivity index (χ4n) is 7.51. The lowest BCUT2D eigenvalue weighted by Gasteiger charge is -2.09. The number of fused-ring (bicyclic) bond motifs is 10. The first-order chi connectivity index (χ1) is 25.3. The minimum Gasteiger partial charge on any atom is -0.308 e. The van der Waals surface area contributed by atoms with Crippen LogP contribution in [0.15, 0.2) is 158 Å². The summed E-state index contributed by atoms with van der Waals surface area (Å²) >= 11 is 3.76. The van der Waals surface area contributed by atoms with E-state index in [-0.39, 0.29) is 0 Å². The van der Waals surface area contributed by atoms with Crippen LogP contribution in [0.3, 0.4) is 0 Å². The molecule has 0 fully saturated rings. The van der Waals surface area contributed by atoms with Crippen molar-refractivity contribution in [2.75, 3.05) is 0 Å². The van der Waals surface area contributed by atoms with Gasteiger partial charge in [0.15, 0.2) is 17.5 Å². The molecule has 0 amide bonds. The predicted molar refractivity (Wildman–Crippen MR) is 216 cm³/mol. The molecule has 11 aromatic rings. The molecule has 0 unspecified atom stereocenters. The molecular weight excluding hydrogens is 661 g/mol. The zero-order valence-electron chi connectivity index (χ0n) is 27.1. The predicted octanol–water partition coefficient (Wildman–Crippen LogP) is 12.7. The number of hydrogen-bond donors (Lipinski definition) is 0. The van der Waals surface area contributed by atoms with Crippen LogP contribution in [0.2, 0.25) is 0 Å². The summed E-state index contributed by atoms with van der Waals surface area (Å²) < 4.78 is 7.62. The van der Waals surface area contributed by atoms with Crippen molar-refractivity contribution in [1.29, 1.82) is 0 Å². The summed E-state index contributed by atoms with van der Waals surface area (Å²) in [5, 5.41) is 7.68. The molecule has 6 heteroatoms. The van der Waals surface area contributed by atoms with E-state index in [4.69, 9.17) is 15.0 Å².